The van der Waals surface area contributed by atoms with Gasteiger partial charge in [-0.05, 0) is 103 Å². The lowest BCUT2D eigenvalue weighted by atomic mass is 9.73. The number of rotatable bonds is 13. The van der Waals surface area contributed by atoms with Gasteiger partial charge in [-0.25, -0.2) is 4.79 Å². The Morgan fingerprint density at radius 1 is 1.10 bits per heavy atom. The molecule has 1 aliphatic carbocycles. The summed E-state index contributed by atoms with van der Waals surface area (Å²) < 4.78 is 24.3. The molecule has 3 aromatic carbocycles. The van der Waals surface area contributed by atoms with Gasteiger partial charge in [0.1, 0.15) is 35.1 Å². The highest BCUT2D eigenvalue weighted by Crippen LogP contribution is 2.46. The molecule has 18 heteroatoms. The third-order valence-corrected chi connectivity index (χ3v) is 15.6. The summed E-state index contributed by atoms with van der Waals surface area (Å²) in [5.74, 6) is -2.42. The van der Waals surface area contributed by atoms with Gasteiger partial charge >= 0.3 is 5.97 Å². The number of carbonyl (C=O) groups excluding carboxylic acids is 2. The van der Waals surface area contributed by atoms with Crippen molar-refractivity contribution >= 4 is 62.9 Å². The van der Waals surface area contributed by atoms with Crippen LogP contribution in [0.15, 0.2) is 102 Å². The Labute approximate surface area is 401 Å². The van der Waals surface area contributed by atoms with Gasteiger partial charge in [-0.15, -0.1) is 0 Å². The number of nitrogens with zero attached hydrogens (tertiary/aromatic N) is 1. The number of aromatic hydroxyl groups is 1. The van der Waals surface area contributed by atoms with E-state index in [0.29, 0.717) is 36.7 Å². The molecule has 10 unspecified atom stereocenters. The summed E-state index contributed by atoms with van der Waals surface area (Å²) in [6.45, 7) is 3.47. The van der Waals surface area contributed by atoms with Crippen LogP contribution < -0.4 is 25.8 Å². The molecule has 16 nitrogen and oxygen atoms in total. The van der Waals surface area contributed by atoms with Crippen molar-refractivity contribution in [3.8, 4) is 17.2 Å². The van der Waals surface area contributed by atoms with Crippen molar-refractivity contribution in [1.82, 2.24) is 10.6 Å². The van der Waals surface area contributed by atoms with E-state index < -0.39 is 54.2 Å². The number of nitrogens with one attached hydrogen (secondary N) is 2. The fourth-order valence-corrected chi connectivity index (χ4v) is 11.8. The average molecular weight is 969 g/mol. The predicted molar refractivity (Wildman–Crippen MR) is 260 cm³/mol. The molecular weight excluding hydrogens is 913 g/mol. The predicted octanol–water partition coefficient (Wildman–Crippen LogP) is 4.86. The van der Waals surface area contributed by atoms with Crippen molar-refractivity contribution in [1.29, 1.82) is 0 Å². The fraction of sp³-hybridized carbons (Fsp3) is 0.400. The van der Waals surface area contributed by atoms with E-state index in [-0.39, 0.29) is 64.1 Å². The number of carboxylic acids is 1. The number of primary amides is 1. The zero-order chi connectivity index (χ0) is 48.2. The number of hydrogen-bond acceptors (Lipinski definition) is 16. The van der Waals surface area contributed by atoms with Gasteiger partial charge in [0.15, 0.2) is 23.6 Å². The van der Waals surface area contributed by atoms with Crippen LogP contribution in [0.5, 0.6) is 17.2 Å². The number of aliphatic imine (C=N–C) groups is 1. The topological polar surface area (TPSA) is 252 Å². The number of phenols is 1. The number of benzene rings is 3. The maximum atomic E-state index is 13.5. The number of aliphatic hydroxyl groups is 3. The molecule has 0 aromatic heterocycles. The van der Waals surface area contributed by atoms with E-state index in [0.717, 1.165) is 24.1 Å². The van der Waals surface area contributed by atoms with Crippen LogP contribution in [0.25, 0.3) is 16.9 Å². The lowest BCUT2D eigenvalue weighted by molar-refractivity contribution is -0.340. The average Bonchev–Trinajstić information content (AvgIpc) is 3.87. The minimum absolute atomic E-state index is 0.000959. The molecule has 2 fully saturated rings. The Hall–Kier alpha value is -5.44. The molecule has 68 heavy (non-hydrogen) atoms. The SMILES string of the molecule is CNCCC1C=CC(=CCC(C)C2CNCC3(O)C(Oc4ccc5c(c4)OC(C(N)=O)C(c4ccc(O)cc4)=C5O)OC(C(=O)O)C(O)C3(C=O)OCSSCC2C2=CCN=C2)c2ccccc21. The molecule has 0 saturated carbocycles. The van der Waals surface area contributed by atoms with Crippen LogP contribution in [0.2, 0.25) is 0 Å². The first kappa shape index (κ1) is 49.0. The first-order chi connectivity index (χ1) is 32.8. The third-order valence-electron chi connectivity index (χ3n) is 13.5. The second-order valence-electron chi connectivity index (χ2n) is 17.6. The molecule has 4 aliphatic heterocycles. The molecule has 1 amide bonds. The third kappa shape index (κ3) is 9.60. The molecule has 0 bridgehead atoms. The first-order valence-electron chi connectivity index (χ1n) is 22.5. The summed E-state index contributed by atoms with van der Waals surface area (Å²) >= 11 is 0. The van der Waals surface area contributed by atoms with Gasteiger partial charge in [0.05, 0.1) is 17.7 Å². The van der Waals surface area contributed by atoms with E-state index in [2.05, 4.69) is 71.1 Å². The number of fused-ring (bicyclic) bond motifs is 3. The van der Waals surface area contributed by atoms with Crippen LogP contribution in [0.4, 0.5) is 0 Å². The number of β-amino-alcohol motifs (C(OH)–C–C–N with tert-alkyl or cyclic N) is 1. The standard InChI is InChI=1S/C50H56N4O12S2/c1-28(7-8-29-9-10-30(17-19-52-2)36-6-4-3-5-35(29)36)38-23-54-25-49(62)48(66-44(47(60)61)45(58)50(49,26-55)63-27-68-67-24-39(38)32-18-20-53-22-32)64-34-15-16-37-40(21-34)65-43(46(51)59)41(42(37)57)31-11-13-33(56)14-12-31/h3-6,8-16,18,21-22,26,28,30,38-39,43-45,48,52,54,56-58,62H,7,17,19-20,23-25,27H2,1-2H3,(H2,51,59)(H,60,61). The maximum Gasteiger partial charge on any atom is 0.335 e. The van der Waals surface area contributed by atoms with Crippen molar-refractivity contribution in [2.75, 3.05) is 44.9 Å². The molecule has 4 heterocycles. The second-order valence-corrected chi connectivity index (χ2v) is 20.0. The molecule has 360 valence electrons. The van der Waals surface area contributed by atoms with E-state index in [9.17, 15) is 39.9 Å². The Balaban J connectivity index is 1.11. The highest BCUT2D eigenvalue weighted by Gasteiger charge is 2.69. The van der Waals surface area contributed by atoms with Crippen LogP contribution in [0, 0.1) is 17.8 Å². The van der Waals surface area contributed by atoms with E-state index in [1.807, 2.05) is 13.3 Å². The van der Waals surface area contributed by atoms with Crippen molar-refractivity contribution in [3.63, 3.8) is 0 Å². The molecule has 3 aromatic rings. The summed E-state index contributed by atoms with van der Waals surface area (Å²) in [7, 11) is 4.70. The number of hydrogen-bond donors (Lipinski definition) is 8. The number of phenolic OH excluding ortho intramolecular Hbond substituents is 1. The van der Waals surface area contributed by atoms with Gasteiger partial charge in [-0.3, -0.25) is 14.6 Å². The van der Waals surface area contributed by atoms with E-state index in [4.69, 9.17) is 24.7 Å². The first-order valence-corrected chi connectivity index (χ1v) is 24.9. The molecule has 8 rings (SSSR count). The van der Waals surface area contributed by atoms with Crippen molar-refractivity contribution < 1.29 is 58.9 Å². The fourth-order valence-electron chi connectivity index (χ4n) is 9.76. The minimum Gasteiger partial charge on any atom is -0.508 e. The Kier molecular flexibility index (Phi) is 15.2. The quantitative estimate of drug-likeness (QED) is 0.0842. The Bertz CT molecular complexity index is 2530. The Morgan fingerprint density at radius 2 is 1.90 bits per heavy atom. The van der Waals surface area contributed by atoms with E-state index >= 15 is 0 Å². The highest BCUT2D eigenvalue weighted by molar-refractivity contribution is 8.76. The number of amides is 1. The highest BCUT2D eigenvalue weighted by atomic mass is 33.1. The number of aliphatic hydroxyl groups excluding tert-OH is 2. The number of ether oxygens (including phenoxy) is 4. The second kappa shape index (κ2) is 21.1. The number of carboxylic acid groups (broad SMARTS) is 1. The molecular formula is C50H56N4O12S2. The molecule has 9 N–H and O–H groups in total. The Morgan fingerprint density at radius 3 is 2.62 bits per heavy atom. The van der Waals surface area contributed by atoms with Gasteiger partial charge in [-0.2, -0.15) is 0 Å². The van der Waals surface area contributed by atoms with Gasteiger partial charge in [0.25, 0.3) is 5.91 Å². The van der Waals surface area contributed by atoms with Crippen LogP contribution in [0.3, 0.4) is 0 Å². The summed E-state index contributed by atoms with van der Waals surface area (Å²) in [4.78, 5) is 43.4. The van der Waals surface area contributed by atoms with E-state index in [1.54, 1.807) is 0 Å². The number of carbonyl (C=O) groups is 3. The molecule has 5 aliphatic rings. The normalized spacial score (nSPS) is 30.4. The number of nitrogens with two attached hydrogens (primary N) is 1. The van der Waals surface area contributed by atoms with Crippen molar-refractivity contribution in [3.05, 3.63) is 119 Å². The maximum absolute atomic E-state index is 13.5. The van der Waals surface area contributed by atoms with Crippen LogP contribution in [-0.4, -0.2) is 131 Å². The smallest absolute Gasteiger partial charge is 0.335 e. The lowest BCUT2D eigenvalue weighted by Crippen LogP contribution is -2.80. The van der Waals surface area contributed by atoms with Crippen LogP contribution in [0.1, 0.15) is 47.9 Å². The van der Waals surface area contributed by atoms with Crippen LogP contribution in [-0.2, 0) is 23.9 Å². The molecule has 0 spiro atoms. The zero-order valence-electron chi connectivity index (χ0n) is 37.5. The summed E-state index contributed by atoms with van der Waals surface area (Å²) in [6.07, 6.45) is 4.92. The number of aldehydes is 1. The largest absolute Gasteiger partial charge is 0.508 e. The van der Waals surface area contributed by atoms with Gasteiger partial charge in [-0.1, -0.05) is 89.2 Å². The lowest BCUT2D eigenvalue weighted by Gasteiger charge is -2.53. The zero-order valence-corrected chi connectivity index (χ0v) is 39.2. The number of aliphatic carboxylic acids is 1. The monoisotopic (exact) mass is 968 g/mol. The molecule has 10 atom stereocenters. The summed E-state index contributed by atoms with van der Waals surface area (Å²) in [5.41, 5.74) is 5.82. The van der Waals surface area contributed by atoms with E-state index in [1.165, 1.54) is 75.2 Å². The van der Waals surface area contributed by atoms with Gasteiger partial charge in [0, 0.05) is 30.5 Å². The van der Waals surface area contributed by atoms with Gasteiger partial charge in [0.2, 0.25) is 12.4 Å². The van der Waals surface area contributed by atoms with Crippen LogP contribution >= 0.6 is 21.6 Å². The number of allylic oxidation sites excluding steroid dienone is 5. The van der Waals surface area contributed by atoms with Gasteiger partial charge < -0.3 is 60.8 Å². The van der Waals surface area contributed by atoms with Crippen molar-refractivity contribution in [2.45, 2.75) is 61.5 Å². The molecule has 0 radical (unpaired) electrons. The molecule has 2 saturated heterocycles. The summed E-state index contributed by atoms with van der Waals surface area (Å²) in [6, 6.07) is 18.3. The minimum atomic E-state index is -2.60. The van der Waals surface area contributed by atoms with Crippen molar-refractivity contribution in [2.24, 2.45) is 28.5 Å². The summed E-state index contributed by atoms with van der Waals surface area (Å²) in [5, 5.41) is 63.0.